The van der Waals surface area contributed by atoms with Crippen molar-refractivity contribution in [1.82, 2.24) is 0 Å². The van der Waals surface area contributed by atoms with Crippen molar-refractivity contribution in [1.29, 1.82) is 0 Å². The molecule has 5 heteroatoms. The Labute approximate surface area is 210 Å². The molecule has 3 aromatic rings. The molecule has 3 aromatic carbocycles. The van der Waals surface area contributed by atoms with Crippen LogP contribution in [0.15, 0.2) is 60.7 Å². The zero-order valence-corrected chi connectivity index (χ0v) is 20.8. The number of aryl methyl sites for hydroxylation is 2. The van der Waals surface area contributed by atoms with Gasteiger partial charge in [-0.2, -0.15) is 4.39 Å². The molecule has 0 aliphatic heterocycles. The molecule has 1 fully saturated rings. The highest BCUT2D eigenvalue weighted by Gasteiger charge is 2.27. The van der Waals surface area contributed by atoms with E-state index in [4.69, 9.17) is 4.74 Å². The van der Waals surface area contributed by atoms with E-state index < -0.39 is 23.3 Å². The summed E-state index contributed by atoms with van der Waals surface area (Å²) in [5.74, 6) is -4.48. The molecule has 190 valence electrons. The van der Waals surface area contributed by atoms with Crippen molar-refractivity contribution in [2.24, 2.45) is 5.92 Å². The smallest absolute Gasteiger partial charge is 0.201 e. The molecule has 0 unspecified atom stereocenters. The second-order valence-electron chi connectivity index (χ2n) is 9.57. The van der Waals surface area contributed by atoms with Gasteiger partial charge in [-0.05, 0) is 87.5 Å². The van der Waals surface area contributed by atoms with Gasteiger partial charge in [-0.15, -0.1) is 0 Å². The zero-order valence-electron chi connectivity index (χ0n) is 20.8. The first-order valence-electron chi connectivity index (χ1n) is 12.7. The lowest BCUT2D eigenvalue weighted by Crippen LogP contribution is -2.14. The van der Waals surface area contributed by atoms with Gasteiger partial charge >= 0.3 is 0 Å². The maximum Gasteiger partial charge on any atom is 0.201 e. The van der Waals surface area contributed by atoms with Crippen molar-refractivity contribution in [3.8, 4) is 16.9 Å². The van der Waals surface area contributed by atoms with Gasteiger partial charge in [-0.1, -0.05) is 54.1 Å². The molecule has 36 heavy (non-hydrogen) atoms. The highest BCUT2D eigenvalue weighted by molar-refractivity contribution is 5.66. The maximum absolute atomic E-state index is 15.1. The molecule has 1 aliphatic carbocycles. The predicted molar refractivity (Wildman–Crippen MR) is 136 cm³/mol. The van der Waals surface area contributed by atoms with Gasteiger partial charge < -0.3 is 4.74 Å². The molecule has 0 bridgehead atoms. The van der Waals surface area contributed by atoms with Gasteiger partial charge in [0.05, 0.1) is 6.61 Å². The molecular weight excluding hydrogens is 464 g/mol. The zero-order chi connectivity index (χ0) is 25.7. The van der Waals surface area contributed by atoms with E-state index in [1.165, 1.54) is 35.4 Å². The molecule has 1 saturated carbocycles. The number of halogens is 4. The first-order chi connectivity index (χ1) is 17.4. The molecule has 4 rings (SSSR count). The Balaban J connectivity index is 1.38. The fourth-order valence-corrected chi connectivity index (χ4v) is 5.01. The minimum atomic E-state index is -1.25. The molecular formula is C31H32F4O. The summed E-state index contributed by atoms with van der Waals surface area (Å²) in [6.07, 6.45) is 9.80. The van der Waals surface area contributed by atoms with Crippen LogP contribution in [0.1, 0.15) is 61.6 Å². The molecule has 0 amide bonds. The van der Waals surface area contributed by atoms with Gasteiger partial charge in [0.15, 0.2) is 23.2 Å². The van der Waals surface area contributed by atoms with Crippen molar-refractivity contribution >= 4 is 0 Å². The summed E-state index contributed by atoms with van der Waals surface area (Å²) in [4.78, 5) is 0. The third-order valence-electron chi connectivity index (χ3n) is 7.09. The summed E-state index contributed by atoms with van der Waals surface area (Å²) >= 11 is 0. The summed E-state index contributed by atoms with van der Waals surface area (Å²) in [6.45, 7) is 3.89. The van der Waals surface area contributed by atoms with E-state index in [9.17, 15) is 8.78 Å². The van der Waals surface area contributed by atoms with E-state index in [1.807, 2.05) is 0 Å². The summed E-state index contributed by atoms with van der Waals surface area (Å²) in [7, 11) is 0. The second-order valence-corrected chi connectivity index (χ2v) is 9.57. The van der Waals surface area contributed by atoms with Gasteiger partial charge in [-0.25, -0.2) is 13.2 Å². The van der Waals surface area contributed by atoms with Crippen LogP contribution in [0.25, 0.3) is 11.1 Å². The summed E-state index contributed by atoms with van der Waals surface area (Å²) in [5, 5.41) is 0. The van der Waals surface area contributed by atoms with Crippen LogP contribution in [-0.2, 0) is 6.42 Å². The Morgan fingerprint density at radius 1 is 0.778 bits per heavy atom. The van der Waals surface area contributed by atoms with Crippen LogP contribution in [0, 0.1) is 36.1 Å². The highest BCUT2D eigenvalue weighted by atomic mass is 19.2. The minimum absolute atomic E-state index is 0.0901. The number of allylic oxidation sites excluding steroid dienone is 2. The van der Waals surface area contributed by atoms with Gasteiger partial charge in [0, 0.05) is 11.1 Å². The van der Waals surface area contributed by atoms with Gasteiger partial charge in [-0.3, -0.25) is 0 Å². The van der Waals surface area contributed by atoms with Gasteiger partial charge in [0.25, 0.3) is 0 Å². The van der Waals surface area contributed by atoms with Crippen LogP contribution in [-0.4, -0.2) is 6.61 Å². The van der Waals surface area contributed by atoms with Gasteiger partial charge in [0.1, 0.15) is 0 Å². The quantitative estimate of drug-likeness (QED) is 0.223. The van der Waals surface area contributed by atoms with Crippen LogP contribution in [0.3, 0.4) is 0 Å². The lowest BCUT2D eigenvalue weighted by atomic mass is 9.78. The lowest BCUT2D eigenvalue weighted by molar-refractivity contribution is 0.314. The lowest BCUT2D eigenvalue weighted by Gasteiger charge is -2.27. The van der Waals surface area contributed by atoms with E-state index in [-0.39, 0.29) is 29.4 Å². The average molecular weight is 497 g/mol. The van der Waals surface area contributed by atoms with Gasteiger partial charge in [0.2, 0.25) is 5.82 Å². The maximum atomic E-state index is 15.1. The van der Waals surface area contributed by atoms with Crippen LogP contribution >= 0.6 is 0 Å². The van der Waals surface area contributed by atoms with Crippen molar-refractivity contribution in [2.45, 2.75) is 58.3 Å². The average Bonchev–Trinajstić information content (AvgIpc) is 2.88. The standard InChI is InChI=1S/C31H32F4O/c1-3-36-27-19-18-26(30(34)31(27)35)25-17-16-24(28(32)29(25)33)23-14-12-22(13-15-23)7-5-4-6-21-10-8-20(2)9-11-21/h5,7-11,16-19,22-23H,3-4,6,12-15H2,1-2H3. The number of hydrogen-bond acceptors (Lipinski definition) is 1. The normalized spacial score (nSPS) is 18.1. The van der Waals surface area contributed by atoms with Crippen LogP contribution < -0.4 is 4.74 Å². The Hall–Kier alpha value is -3.08. The molecule has 0 N–H and O–H groups in total. The second kappa shape index (κ2) is 11.8. The Morgan fingerprint density at radius 3 is 2.08 bits per heavy atom. The van der Waals surface area contributed by atoms with Crippen molar-refractivity contribution in [3.05, 3.63) is 101 Å². The summed E-state index contributed by atoms with van der Waals surface area (Å²) in [5.41, 5.74) is 2.28. The van der Waals surface area contributed by atoms with E-state index in [0.29, 0.717) is 11.5 Å². The van der Waals surface area contributed by atoms with Crippen LogP contribution in [0.2, 0.25) is 0 Å². The van der Waals surface area contributed by atoms with E-state index in [2.05, 4.69) is 43.3 Å². The first-order valence-corrected chi connectivity index (χ1v) is 12.7. The van der Waals surface area contributed by atoms with Crippen molar-refractivity contribution in [2.75, 3.05) is 6.61 Å². The van der Waals surface area contributed by atoms with Crippen LogP contribution in [0.4, 0.5) is 17.6 Å². The molecule has 0 spiro atoms. The molecule has 0 radical (unpaired) electrons. The molecule has 0 atom stereocenters. The highest BCUT2D eigenvalue weighted by Crippen LogP contribution is 2.40. The molecule has 0 saturated heterocycles. The third-order valence-corrected chi connectivity index (χ3v) is 7.09. The van der Waals surface area contributed by atoms with E-state index >= 15 is 8.78 Å². The van der Waals surface area contributed by atoms with Crippen molar-refractivity contribution < 1.29 is 22.3 Å². The monoisotopic (exact) mass is 496 g/mol. The molecule has 1 nitrogen and oxygen atoms in total. The third kappa shape index (κ3) is 5.83. The fraction of sp³-hybridized carbons (Fsp3) is 0.355. The largest absolute Gasteiger partial charge is 0.491 e. The summed E-state index contributed by atoms with van der Waals surface area (Å²) in [6, 6.07) is 13.9. The molecule has 1 aliphatic rings. The minimum Gasteiger partial charge on any atom is -0.491 e. The van der Waals surface area contributed by atoms with Crippen LogP contribution in [0.5, 0.6) is 5.75 Å². The number of benzene rings is 3. The predicted octanol–water partition coefficient (Wildman–Crippen LogP) is 9.08. The Morgan fingerprint density at radius 2 is 1.42 bits per heavy atom. The number of rotatable bonds is 8. The fourth-order valence-electron chi connectivity index (χ4n) is 5.01. The Kier molecular flexibility index (Phi) is 8.50. The van der Waals surface area contributed by atoms with Crippen molar-refractivity contribution in [3.63, 3.8) is 0 Å². The van der Waals surface area contributed by atoms with E-state index in [1.54, 1.807) is 6.92 Å². The first kappa shape index (κ1) is 26.0. The van der Waals surface area contributed by atoms with E-state index in [0.717, 1.165) is 38.5 Å². The molecule has 0 aromatic heterocycles. The Bertz CT molecular complexity index is 1210. The topological polar surface area (TPSA) is 9.23 Å². The SMILES string of the molecule is CCOc1ccc(-c2ccc(C3CCC(C=CCCc4ccc(C)cc4)CC3)c(F)c2F)c(F)c1F. The number of hydrogen-bond donors (Lipinski definition) is 0. The molecule has 0 heterocycles. The number of ether oxygens (including phenoxy) is 1. The summed E-state index contributed by atoms with van der Waals surface area (Å²) < 4.78 is 63.9.